The molecular formula is C16H25NO. The van der Waals surface area contributed by atoms with Crippen LogP contribution in [0.4, 0.5) is 0 Å². The van der Waals surface area contributed by atoms with Crippen molar-refractivity contribution >= 4 is 0 Å². The summed E-state index contributed by atoms with van der Waals surface area (Å²) < 4.78 is 5.73. The van der Waals surface area contributed by atoms with Crippen molar-refractivity contribution in [1.29, 1.82) is 0 Å². The minimum atomic E-state index is 0.0824. The molecule has 0 bridgehead atoms. The summed E-state index contributed by atoms with van der Waals surface area (Å²) in [5, 5.41) is 3.46. The van der Waals surface area contributed by atoms with Gasteiger partial charge in [0, 0.05) is 18.0 Å². The molecule has 0 spiro atoms. The van der Waals surface area contributed by atoms with Gasteiger partial charge in [-0.15, -0.1) is 6.58 Å². The molecule has 0 saturated carbocycles. The topological polar surface area (TPSA) is 21.3 Å². The second-order valence-corrected chi connectivity index (χ2v) is 5.31. The highest BCUT2D eigenvalue weighted by Gasteiger charge is 2.20. The van der Waals surface area contributed by atoms with Crippen LogP contribution in [0.5, 0.6) is 5.75 Å². The van der Waals surface area contributed by atoms with Crippen LogP contribution in [-0.4, -0.2) is 19.2 Å². The zero-order valence-corrected chi connectivity index (χ0v) is 11.8. The highest BCUT2D eigenvalue weighted by atomic mass is 16.5. The Bertz CT molecular complexity index is 347. The lowest BCUT2D eigenvalue weighted by molar-refractivity contribution is 0.241. The fraction of sp³-hybridized carbons (Fsp3) is 0.500. The van der Waals surface area contributed by atoms with Crippen LogP contribution in [0.3, 0.4) is 0 Å². The highest BCUT2D eigenvalue weighted by Crippen LogP contribution is 2.22. The van der Waals surface area contributed by atoms with Crippen LogP contribution in [-0.2, 0) is 0 Å². The second kappa shape index (κ2) is 7.22. The molecule has 0 heterocycles. The summed E-state index contributed by atoms with van der Waals surface area (Å²) in [5.41, 5.74) is 0.0824. The van der Waals surface area contributed by atoms with E-state index < -0.39 is 0 Å². The van der Waals surface area contributed by atoms with Gasteiger partial charge in [-0.1, -0.05) is 45.0 Å². The molecular weight excluding hydrogens is 222 g/mol. The maximum Gasteiger partial charge on any atom is 0.119 e. The van der Waals surface area contributed by atoms with Gasteiger partial charge in [0.05, 0.1) is 6.61 Å². The maximum atomic E-state index is 5.73. The maximum absolute atomic E-state index is 5.73. The fourth-order valence-corrected chi connectivity index (χ4v) is 1.62. The lowest BCUT2D eigenvalue weighted by Gasteiger charge is -2.27. The molecule has 0 fully saturated rings. The van der Waals surface area contributed by atoms with E-state index in [1.165, 1.54) is 0 Å². The monoisotopic (exact) mass is 247 g/mol. The van der Waals surface area contributed by atoms with E-state index in [1.807, 2.05) is 36.4 Å². The van der Waals surface area contributed by atoms with Crippen molar-refractivity contribution < 1.29 is 4.74 Å². The molecule has 1 aromatic carbocycles. The zero-order chi connectivity index (χ0) is 13.4. The van der Waals surface area contributed by atoms with Crippen LogP contribution in [0.2, 0.25) is 0 Å². The first-order chi connectivity index (χ1) is 8.56. The Kier molecular flexibility index (Phi) is 5.93. The Morgan fingerprint density at radius 3 is 2.56 bits per heavy atom. The Morgan fingerprint density at radius 1 is 1.33 bits per heavy atom. The first kappa shape index (κ1) is 14.8. The molecule has 0 aliphatic carbocycles. The molecule has 1 N–H and O–H groups in total. The minimum Gasteiger partial charge on any atom is -0.494 e. The predicted octanol–water partition coefficient (Wildman–Crippen LogP) is 3.65. The predicted molar refractivity (Wildman–Crippen MR) is 78.0 cm³/mol. The van der Waals surface area contributed by atoms with E-state index in [2.05, 4.69) is 32.7 Å². The largest absolute Gasteiger partial charge is 0.494 e. The summed E-state index contributed by atoms with van der Waals surface area (Å²) in [5.74, 6) is 0.931. The van der Waals surface area contributed by atoms with Gasteiger partial charge in [0.2, 0.25) is 0 Å². The number of nitrogens with one attached hydrogen (secondary N) is 1. The van der Waals surface area contributed by atoms with E-state index in [9.17, 15) is 0 Å². The van der Waals surface area contributed by atoms with Crippen molar-refractivity contribution in [2.45, 2.75) is 33.2 Å². The van der Waals surface area contributed by atoms with Crippen molar-refractivity contribution in [3.8, 4) is 5.75 Å². The van der Waals surface area contributed by atoms with Gasteiger partial charge in [0.1, 0.15) is 5.75 Å². The molecule has 1 aromatic rings. The first-order valence-corrected chi connectivity index (χ1v) is 6.60. The SMILES string of the molecule is C=CC(C)(CCOc1ccccc1)CNC(C)C. The van der Waals surface area contributed by atoms with Gasteiger partial charge in [-0.3, -0.25) is 0 Å². The van der Waals surface area contributed by atoms with Crippen molar-refractivity contribution in [2.24, 2.45) is 5.41 Å². The smallest absolute Gasteiger partial charge is 0.119 e. The molecule has 1 rings (SSSR count). The first-order valence-electron chi connectivity index (χ1n) is 6.60. The van der Waals surface area contributed by atoms with Gasteiger partial charge in [0.15, 0.2) is 0 Å². The second-order valence-electron chi connectivity index (χ2n) is 5.31. The Hall–Kier alpha value is -1.28. The Balaban J connectivity index is 2.37. The molecule has 0 amide bonds. The fourth-order valence-electron chi connectivity index (χ4n) is 1.62. The lowest BCUT2D eigenvalue weighted by Crippen LogP contribution is -2.35. The quantitative estimate of drug-likeness (QED) is 0.708. The van der Waals surface area contributed by atoms with Gasteiger partial charge in [-0.25, -0.2) is 0 Å². The van der Waals surface area contributed by atoms with Crippen LogP contribution in [0.25, 0.3) is 0 Å². The number of rotatable bonds is 8. The molecule has 1 unspecified atom stereocenters. The van der Waals surface area contributed by atoms with E-state index in [1.54, 1.807) is 0 Å². The van der Waals surface area contributed by atoms with Crippen molar-refractivity contribution in [3.63, 3.8) is 0 Å². The molecule has 1 atom stereocenters. The standard InChI is InChI=1S/C16H25NO/c1-5-16(4,13-17-14(2)3)11-12-18-15-9-7-6-8-10-15/h5-10,14,17H,1,11-13H2,2-4H3. The highest BCUT2D eigenvalue weighted by molar-refractivity contribution is 5.20. The Labute approximate surface area is 111 Å². The Morgan fingerprint density at radius 2 is 2.00 bits per heavy atom. The van der Waals surface area contributed by atoms with Crippen LogP contribution in [0.15, 0.2) is 43.0 Å². The molecule has 100 valence electrons. The molecule has 0 aromatic heterocycles. The van der Waals surface area contributed by atoms with E-state index >= 15 is 0 Å². The molecule has 0 aliphatic rings. The molecule has 0 saturated heterocycles. The van der Waals surface area contributed by atoms with Crippen LogP contribution in [0, 0.1) is 5.41 Å². The minimum absolute atomic E-state index is 0.0824. The summed E-state index contributed by atoms with van der Waals surface area (Å²) >= 11 is 0. The van der Waals surface area contributed by atoms with Crippen molar-refractivity contribution in [3.05, 3.63) is 43.0 Å². The normalized spacial score (nSPS) is 14.2. The summed E-state index contributed by atoms with van der Waals surface area (Å²) in [6, 6.07) is 10.4. The number of hydrogen-bond donors (Lipinski definition) is 1. The van der Waals surface area contributed by atoms with Gasteiger partial charge < -0.3 is 10.1 Å². The molecule has 18 heavy (non-hydrogen) atoms. The molecule has 2 nitrogen and oxygen atoms in total. The summed E-state index contributed by atoms with van der Waals surface area (Å²) in [4.78, 5) is 0. The van der Waals surface area contributed by atoms with E-state index in [0.29, 0.717) is 12.6 Å². The lowest BCUT2D eigenvalue weighted by atomic mass is 9.87. The summed E-state index contributed by atoms with van der Waals surface area (Å²) in [7, 11) is 0. The van der Waals surface area contributed by atoms with Gasteiger partial charge in [0.25, 0.3) is 0 Å². The van der Waals surface area contributed by atoms with Crippen LogP contribution in [0.1, 0.15) is 27.2 Å². The average molecular weight is 247 g/mol. The molecule has 0 radical (unpaired) electrons. The van der Waals surface area contributed by atoms with E-state index in [4.69, 9.17) is 4.74 Å². The van der Waals surface area contributed by atoms with Crippen molar-refractivity contribution in [2.75, 3.05) is 13.2 Å². The van der Waals surface area contributed by atoms with Crippen LogP contribution >= 0.6 is 0 Å². The average Bonchev–Trinajstić information content (AvgIpc) is 2.38. The number of ether oxygens (including phenoxy) is 1. The number of hydrogen-bond acceptors (Lipinski definition) is 2. The third-order valence-electron chi connectivity index (χ3n) is 3.09. The zero-order valence-electron chi connectivity index (χ0n) is 11.8. The summed E-state index contributed by atoms with van der Waals surface area (Å²) in [6.07, 6.45) is 2.99. The number of benzene rings is 1. The molecule has 0 aliphatic heterocycles. The van der Waals surface area contributed by atoms with Gasteiger partial charge >= 0.3 is 0 Å². The van der Waals surface area contributed by atoms with Gasteiger partial charge in [-0.2, -0.15) is 0 Å². The molecule has 2 heteroatoms. The third-order valence-corrected chi connectivity index (χ3v) is 3.09. The van der Waals surface area contributed by atoms with Crippen molar-refractivity contribution in [1.82, 2.24) is 5.32 Å². The van der Waals surface area contributed by atoms with Gasteiger partial charge in [-0.05, 0) is 18.6 Å². The van der Waals surface area contributed by atoms with E-state index in [-0.39, 0.29) is 5.41 Å². The van der Waals surface area contributed by atoms with Crippen LogP contribution < -0.4 is 10.1 Å². The number of para-hydroxylation sites is 1. The van der Waals surface area contributed by atoms with E-state index in [0.717, 1.165) is 18.7 Å². The third kappa shape index (κ3) is 5.37. The summed E-state index contributed by atoms with van der Waals surface area (Å²) in [6.45, 7) is 12.1.